The molecule has 0 bridgehead atoms. The Morgan fingerprint density at radius 2 is 0.500 bits per heavy atom. The van der Waals surface area contributed by atoms with Crippen LogP contribution in [0, 0.1) is 0 Å². The Morgan fingerprint density at radius 1 is 0.500 bits per heavy atom. The molecule has 0 N–H and O–H groups in total. The maximum absolute atomic E-state index is 0. The summed E-state index contributed by atoms with van der Waals surface area (Å²) in [5.41, 5.74) is 0. The van der Waals surface area contributed by atoms with Crippen LogP contribution in [0.2, 0.25) is 0 Å². The van der Waals surface area contributed by atoms with Crippen LogP contribution in [-0.2, 0) is 0 Å². The third kappa shape index (κ3) is 8.90. The Balaban J connectivity index is 0. The van der Waals surface area contributed by atoms with Gasteiger partial charge in [0.25, 0.3) is 0 Å². The molecule has 21 valence electrons. The molecule has 0 aliphatic heterocycles. The Morgan fingerprint density at radius 3 is 0.500 bits per heavy atom. The van der Waals surface area contributed by atoms with Gasteiger partial charge in [0, 0.05) is 0 Å². The summed E-state index contributed by atoms with van der Waals surface area (Å²) in [6.07, 6.45) is 0. The first-order chi connectivity index (χ1) is 0. The topological polar surface area (TPSA) is 0 Å². The fraction of sp³-hybridized carbons (Fsp3) is 0. The van der Waals surface area contributed by atoms with Crippen LogP contribution in [0.1, 0.15) is 0 Å². The van der Waals surface area contributed by atoms with E-state index in [-0.39, 0.29) is 70.2 Å². The second-order valence-corrected chi connectivity index (χ2v) is 0. The maximum atomic E-state index is 0. The molecule has 0 heterocycles. The normalized spacial score (nSPS) is 0. The molecule has 0 saturated carbocycles. The summed E-state index contributed by atoms with van der Waals surface area (Å²) in [5.74, 6) is 0. The monoisotopic (exact) mass is 255 g/mol. The SMILES string of the molecule is [Al+3].[GeH2-].[GeH2-].[GeH2-]. The predicted octanol–water partition coefficient (Wildman–Crippen LogP) is -3.13. The minimum absolute atomic E-state index is 0. The van der Waals surface area contributed by atoms with Crippen molar-refractivity contribution in [3.05, 3.63) is 0 Å². The first-order valence-electron chi connectivity index (χ1n) is 0. The molecule has 4 heteroatoms. The van der Waals surface area contributed by atoms with Gasteiger partial charge in [0.2, 0.25) is 0 Å². The van der Waals surface area contributed by atoms with Gasteiger partial charge in [-0.05, 0) is 0 Å². The van der Waals surface area contributed by atoms with Crippen LogP contribution < -0.4 is 0 Å². The van der Waals surface area contributed by atoms with Crippen molar-refractivity contribution in [1.29, 1.82) is 0 Å². The van der Waals surface area contributed by atoms with Crippen molar-refractivity contribution in [2.45, 2.75) is 0 Å². The van der Waals surface area contributed by atoms with E-state index < -0.39 is 0 Å². The van der Waals surface area contributed by atoms with Crippen molar-refractivity contribution >= 4 is 70.2 Å². The van der Waals surface area contributed by atoms with Gasteiger partial charge in [-0.1, -0.05) is 0 Å². The van der Waals surface area contributed by atoms with E-state index in [1.807, 2.05) is 0 Å². The molecule has 0 aromatic heterocycles. The molecule has 0 rings (SSSR count). The van der Waals surface area contributed by atoms with Crippen LogP contribution >= 0.6 is 0 Å². The van der Waals surface area contributed by atoms with Crippen molar-refractivity contribution < 1.29 is 0 Å². The average Bonchev–Trinajstić information content (AvgIpc) is 0. The van der Waals surface area contributed by atoms with Crippen LogP contribution in [0.25, 0.3) is 0 Å². The Kier molecular flexibility index (Phi) is 168. The fourth-order valence-corrected chi connectivity index (χ4v) is 0. The van der Waals surface area contributed by atoms with Gasteiger partial charge in [0.1, 0.15) is 0 Å². The number of hydrogen-bond donors (Lipinski definition) is 0. The van der Waals surface area contributed by atoms with Crippen LogP contribution in [0.5, 0.6) is 0 Å². The van der Waals surface area contributed by atoms with Crippen LogP contribution in [0.15, 0.2) is 0 Å². The van der Waals surface area contributed by atoms with Crippen molar-refractivity contribution in [1.82, 2.24) is 0 Å². The van der Waals surface area contributed by atoms with E-state index in [0.717, 1.165) is 0 Å². The summed E-state index contributed by atoms with van der Waals surface area (Å²) < 4.78 is 0. The molecule has 0 saturated heterocycles. The predicted molar refractivity (Wildman–Crippen MR) is 31.4 cm³/mol. The molecule has 0 fully saturated rings. The molecule has 0 aliphatic rings. The molecular formula is H6AlGe3. The summed E-state index contributed by atoms with van der Waals surface area (Å²) in [6.45, 7) is 0. The van der Waals surface area contributed by atoms with Gasteiger partial charge in [-0.3, -0.25) is 0 Å². The zero-order chi connectivity index (χ0) is 0. The molecule has 0 aromatic carbocycles. The molecular weight excluding hydrogens is 245 g/mol. The van der Waals surface area contributed by atoms with Gasteiger partial charge in [0.05, 0.1) is 0 Å². The summed E-state index contributed by atoms with van der Waals surface area (Å²) in [5, 5.41) is 0. The van der Waals surface area contributed by atoms with Crippen LogP contribution in [0.4, 0.5) is 0 Å². The van der Waals surface area contributed by atoms with Gasteiger partial charge in [0.15, 0.2) is 0 Å². The van der Waals surface area contributed by atoms with Crippen LogP contribution in [-0.4, -0.2) is 70.2 Å². The zero-order valence-electron chi connectivity index (χ0n) is 2.70. The van der Waals surface area contributed by atoms with Gasteiger partial charge < -0.3 is 0 Å². The summed E-state index contributed by atoms with van der Waals surface area (Å²) in [4.78, 5) is 0. The third-order valence-electron chi connectivity index (χ3n) is 0. The summed E-state index contributed by atoms with van der Waals surface area (Å²) in [7, 11) is 0. The van der Waals surface area contributed by atoms with E-state index in [1.165, 1.54) is 0 Å². The molecule has 0 aliphatic carbocycles. The molecule has 0 amide bonds. The minimum atomic E-state index is 0. The molecule has 4 heavy (non-hydrogen) atoms. The van der Waals surface area contributed by atoms with E-state index >= 15 is 0 Å². The quantitative estimate of drug-likeness (QED) is 0.399. The Labute approximate surface area is 69.5 Å². The van der Waals surface area contributed by atoms with Gasteiger partial charge in [-0.25, -0.2) is 0 Å². The third-order valence-corrected chi connectivity index (χ3v) is 0. The van der Waals surface area contributed by atoms with Crippen LogP contribution in [0.3, 0.4) is 0 Å². The molecule has 0 aromatic rings. The van der Waals surface area contributed by atoms with Crippen molar-refractivity contribution in [3.63, 3.8) is 0 Å². The van der Waals surface area contributed by atoms with E-state index in [9.17, 15) is 0 Å². The second kappa shape index (κ2) is 19.1. The number of hydrogen-bond acceptors (Lipinski definition) is 0. The molecule has 0 unspecified atom stereocenters. The Hall–Kier alpha value is 2.16. The number of rotatable bonds is 0. The average molecular weight is 251 g/mol. The Bertz CT molecular complexity index is 3.25. The molecule has 3 radical (unpaired) electrons. The van der Waals surface area contributed by atoms with E-state index in [1.54, 1.807) is 0 Å². The van der Waals surface area contributed by atoms with E-state index in [2.05, 4.69) is 0 Å². The first kappa shape index (κ1) is 35.1. The summed E-state index contributed by atoms with van der Waals surface area (Å²) in [6, 6.07) is 0. The first-order valence-corrected chi connectivity index (χ1v) is 0. The standard InChI is InChI=1S/Al.3GeH2/h;3*1H2/q+3;3*-1. The van der Waals surface area contributed by atoms with Crippen molar-refractivity contribution in [2.24, 2.45) is 0 Å². The van der Waals surface area contributed by atoms with E-state index in [0.29, 0.717) is 0 Å². The molecule has 0 nitrogen and oxygen atoms in total. The fourth-order valence-electron chi connectivity index (χ4n) is 0. The van der Waals surface area contributed by atoms with Crippen molar-refractivity contribution in [2.75, 3.05) is 0 Å². The van der Waals surface area contributed by atoms with E-state index in [4.69, 9.17) is 0 Å². The van der Waals surface area contributed by atoms with Gasteiger partial charge >= 0.3 is 70.2 Å². The van der Waals surface area contributed by atoms with Gasteiger partial charge in [-0.15, -0.1) is 0 Å². The van der Waals surface area contributed by atoms with Gasteiger partial charge in [-0.2, -0.15) is 0 Å². The molecule has 0 spiro atoms. The molecule has 0 atom stereocenters. The second-order valence-electron chi connectivity index (χ2n) is 0. The van der Waals surface area contributed by atoms with Crippen molar-refractivity contribution in [3.8, 4) is 0 Å². The summed E-state index contributed by atoms with van der Waals surface area (Å²) >= 11 is 0. The zero-order valence-corrected chi connectivity index (χ0v) is 12.8.